The van der Waals surface area contributed by atoms with E-state index in [1.807, 2.05) is 17.2 Å². The molecule has 1 fully saturated rings. The molecule has 0 spiro atoms. The summed E-state index contributed by atoms with van der Waals surface area (Å²) in [4.78, 5) is 19.8. The average Bonchev–Trinajstić information content (AvgIpc) is 2.56. The third kappa shape index (κ3) is 3.05. The molecular formula is C17H19N3O. The minimum Gasteiger partial charge on any atom is -0.368 e. The second-order valence-corrected chi connectivity index (χ2v) is 5.29. The Hall–Kier alpha value is -2.36. The molecule has 0 bridgehead atoms. The lowest BCUT2D eigenvalue weighted by Gasteiger charge is -2.35. The number of nitrogens with zero attached hydrogens (tertiary/aromatic N) is 3. The second-order valence-electron chi connectivity index (χ2n) is 5.29. The average molecular weight is 281 g/mol. The van der Waals surface area contributed by atoms with Crippen LogP contribution in [0, 0.1) is 0 Å². The maximum absolute atomic E-state index is 11.4. The van der Waals surface area contributed by atoms with E-state index in [9.17, 15) is 4.79 Å². The van der Waals surface area contributed by atoms with Gasteiger partial charge in [0.15, 0.2) is 0 Å². The lowest BCUT2D eigenvalue weighted by atomic mass is 10.1. The Morgan fingerprint density at radius 2 is 1.81 bits per heavy atom. The number of amides is 1. The third-order valence-electron chi connectivity index (χ3n) is 3.93. The highest BCUT2D eigenvalue weighted by Gasteiger charge is 2.18. The summed E-state index contributed by atoms with van der Waals surface area (Å²) in [5.41, 5.74) is 3.51. The maximum Gasteiger partial charge on any atom is 0.219 e. The van der Waals surface area contributed by atoms with E-state index in [1.165, 1.54) is 11.3 Å². The van der Waals surface area contributed by atoms with Crippen molar-refractivity contribution in [1.29, 1.82) is 0 Å². The van der Waals surface area contributed by atoms with E-state index >= 15 is 0 Å². The molecule has 1 aliphatic rings. The fraction of sp³-hybridized carbons (Fsp3) is 0.294. The van der Waals surface area contributed by atoms with Gasteiger partial charge in [0.1, 0.15) is 0 Å². The van der Waals surface area contributed by atoms with Gasteiger partial charge in [-0.25, -0.2) is 0 Å². The van der Waals surface area contributed by atoms with Crippen molar-refractivity contribution in [1.82, 2.24) is 9.88 Å². The predicted molar refractivity (Wildman–Crippen MR) is 84.1 cm³/mol. The highest BCUT2D eigenvalue weighted by molar-refractivity contribution is 5.74. The van der Waals surface area contributed by atoms with Crippen molar-refractivity contribution in [3.05, 3.63) is 48.8 Å². The van der Waals surface area contributed by atoms with Gasteiger partial charge in [0.25, 0.3) is 0 Å². The fourth-order valence-corrected chi connectivity index (χ4v) is 2.70. The van der Waals surface area contributed by atoms with Gasteiger partial charge in [-0.05, 0) is 23.8 Å². The molecule has 1 aliphatic heterocycles. The number of anilines is 1. The number of hydrogen-bond donors (Lipinski definition) is 0. The molecule has 2 heterocycles. The summed E-state index contributed by atoms with van der Waals surface area (Å²) in [6.07, 6.45) is 3.67. The van der Waals surface area contributed by atoms with Crippen LogP contribution in [-0.2, 0) is 4.79 Å². The van der Waals surface area contributed by atoms with Crippen molar-refractivity contribution in [3.63, 3.8) is 0 Å². The normalized spacial score (nSPS) is 15.1. The molecule has 0 aliphatic carbocycles. The summed E-state index contributed by atoms with van der Waals surface area (Å²) in [5.74, 6) is 0.166. The van der Waals surface area contributed by atoms with Gasteiger partial charge >= 0.3 is 0 Å². The number of benzene rings is 1. The van der Waals surface area contributed by atoms with E-state index in [1.54, 1.807) is 13.1 Å². The monoisotopic (exact) mass is 281 g/mol. The van der Waals surface area contributed by atoms with Gasteiger partial charge in [-0.15, -0.1) is 0 Å². The van der Waals surface area contributed by atoms with Gasteiger partial charge in [0.2, 0.25) is 5.91 Å². The van der Waals surface area contributed by atoms with Crippen LogP contribution in [0.3, 0.4) is 0 Å². The quantitative estimate of drug-likeness (QED) is 0.848. The van der Waals surface area contributed by atoms with Crippen molar-refractivity contribution in [2.75, 3.05) is 31.1 Å². The molecule has 0 atom stereocenters. The maximum atomic E-state index is 11.4. The van der Waals surface area contributed by atoms with Crippen LogP contribution < -0.4 is 4.90 Å². The van der Waals surface area contributed by atoms with E-state index < -0.39 is 0 Å². The van der Waals surface area contributed by atoms with Crippen molar-refractivity contribution in [2.24, 2.45) is 0 Å². The van der Waals surface area contributed by atoms with Gasteiger partial charge < -0.3 is 9.80 Å². The van der Waals surface area contributed by atoms with Crippen LogP contribution in [0.4, 0.5) is 5.69 Å². The van der Waals surface area contributed by atoms with E-state index in [2.05, 4.69) is 40.2 Å². The molecule has 1 aromatic carbocycles. The first-order chi connectivity index (χ1) is 10.2. The van der Waals surface area contributed by atoms with E-state index in [-0.39, 0.29) is 5.91 Å². The molecule has 1 aromatic heterocycles. The van der Waals surface area contributed by atoms with E-state index in [0.717, 1.165) is 31.7 Å². The first-order valence-corrected chi connectivity index (χ1v) is 7.25. The Kier molecular flexibility index (Phi) is 3.86. The van der Waals surface area contributed by atoms with E-state index in [4.69, 9.17) is 0 Å². The highest BCUT2D eigenvalue weighted by Crippen LogP contribution is 2.24. The Labute approximate surface area is 125 Å². The minimum absolute atomic E-state index is 0.166. The molecule has 2 aromatic rings. The largest absolute Gasteiger partial charge is 0.368 e. The number of aromatic nitrogens is 1. The van der Waals surface area contributed by atoms with Crippen LogP contribution in [0.5, 0.6) is 0 Å². The number of carbonyl (C=O) groups is 1. The number of rotatable bonds is 2. The molecule has 108 valence electrons. The van der Waals surface area contributed by atoms with Gasteiger partial charge in [0, 0.05) is 56.7 Å². The fourth-order valence-electron chi connectivity index (χ4n) is 2.70. The summed E-state index contributed by atoms with van der Waals surface area (Å²) in [6.45, 7) is 5.00. The summed E-state index contributed by atoms with van der Waals surface area (Å²) in [7, 11) is 0. The zero-order valence-electron chi connectivity index (χ0n) is 12.2. The number of carbonyl (C=O) groups excluding carboxylic acids is 1. The molecule has 0 saturated carbocycles. The van der Waals surface area contributed by atoms with Crippen LogP contribution >= 0.6 is 0 Å². The van der Waals surface area contributed by atoms with Gasteiger partial charge in [-0.2, -0.15) is 0 Å². The second kappa shape index (κ2) is 5.95. The molecule has 3 rings (SSSR count). The number of piperazine rings is 1. The summed E-state index contributed by atoms with van der Waals surface area (Å²) < 4.78 is 0. The molecule has 4 heteroatoms. The lowest BCUT2D eigenvalue weighted by molar-refractivity contribution is -0.129. The van der Waals surface area contributed by atoms with Gasteiger partial charge in [-0.3, -0.25) is 9.78 Å². The van der Waals surface area contributed by atoms with Gasteiger partial charge in [-0.1, -0.05) is 18.2 Å². The third-order valence-corrected chi connectivity index (χ3v) is 3.93. The van der Waals surface area contributed by atoms with Crippen LogP contribution in [0.2, 0.25) is 0 Å². The van der Waals surface area contributed by atoms with Crippen molar-refractivity contribution < 1.29 is 4.79 Å². The Morgan fingerprint density at radius 3 is 2.48 bits per heavy atom. The van der Waals surface area contributed by atoms with E-state index in [0.29, 0.717) is 0 Å². The molecule has 1 saturated heterocycles. The van der Waals surface area contributed by atoms with Crippen LogP contribution in [0.1, 0.15) is 6.92 Å². The minimum atomic E-state index is 0.166. The topological polar surface area (TPSA) is 36.4 Å². The van der Waals surface area contributed by atoms with Gasteiger partial charge in [0.05, 0.1) is 0 Å². The molecule has 0 N–H and O–H groups in total. The predicted octanol–water partition coefficient (Wildman–Crippen LogP) is 2.42. The Bertz CT molecular complexity index is 619. The number of pyridine rings is 1. The summed E-state index contributed by atoms with van der Waals surface area (Å²) in [5, 5.41) is 0. The molecular weight excluding hydrogens is 262 g/mol. The van der Waals surface area contributed by atoms with Crippen LogP contribution in [0.15, 0.2) is 48.8 Å². The molecule has 1 amide bonds. The smallest absolute Gasteiger partial charge is 0.219 e. The molecule has 0 unspecified atom stereocenters. The molecule has 0 radical (unpaired) electrons. The lowest BCUT2D eigenvalue weighted by Crippen LogP contribution is -2.48. The highest BCUT2D eigenvalue weighted by atomic mass is 16.2. The van der Waals surface area contributed by atoms with Crippen molar-refractivity contribution in [3.8, 4) is 11.1 Å². The molecule has 21 heavy (non-hydrogen) atoms. The van der Waals surface area contributed by atoms with Crippen molar-refractivity contribution >= 4 is 11.6 Å². The standard InChI is InChI=1S/C17H19N3O/c1-14(21)19-8-10-20(11-9-19)17-6-2-4-15(12-17)16-5-3-7-18-13-16/h2-7,12-13H,8-11H2,1H3. The Morgan fingerprint density at radius 1 is 1.05 bits per heavy atom. The van der Waals surface area contributed by atoms with Crippen LogP contribution in [-0.4, -0.2) is 42.0 Å². The zero-order valence-corrected chi connectivity index (χ0v) is 12.2. The Balaban J connectivity index is 1.77. The summed E-state index contributed by atoms with van der Waals surface area (Å²) >= 11 is 0. The summed E-state index contributed by atoms with van der Waals surface area (Å²) in [6, 6.07) is 12.5. The molecule has 4 nitrogen and oxygen atoms in total. The van der Waals surface area contributed by atoms with Crippen molar-refractivity contribution in [2.45, 2.75) is 6.92 Å². The first-order valence-electron chi connectivity index (χ1n) is 7.25. The van der Waals surface area contributed by atoms with Crippen LogP contribution in [0.25, 0.3) is 11.1 Å². The SMILES string of the molecule is CC(=O)N1CCN(c2cccc(-c3cccnc3)c2)CC1. The first kappa shape index (κ1) is 13.6. The number of hydrogen-bond acceptors (Lipinski definition) is 3. The zero-order chi connectivity index (χ0) is 14.7.